The average molecular weight is 234 g/mol. The Morgan fingerprint density at radius 3 is 2.44 bits per heavy atom. The molecule has 0 aliphatic rings. The number of hydrogen-bond donors (Lipinski definition) is 0. The quantitative estimate of drug-likeness (QED) is 0.710. The molecule has 84 valence electrons. The summed E-state index contributed by atoms with van der Waals surface area (Å²) < 4.78 is 2.28. The molecular weight excluding hydrogens is 218 g/mol. The van der Waals surface area contributed by atoms with Gasteiger partial charge in [-0.1, -0.05) is 18.2 Å². The summed E-state index contributed by atoms with van der Waals surface area (Å²) in [6.07, 6.45) is 0.939. The van der Waals surface area contributed by atoms with Crippen molar-refractivity contribution in [1.82, 2.24) is 4.57 Å². The van der Waals surface area contributed by atoms with E-state index in [0.29, 0.717) is 5.88 Å². The van der Waals surface area contributed by atoms with Gasteiger partial charge in [0.25, 0.3) is 0 Å². The zero-order valence-electron chi connectivity index (χ0n) is 9.70. The number of aryl methyl sites for hydroxylation is 2. The maximum Gasteiger partial charge on any atom is 0.0455 e. The fourth-order valence-corrected chi connectivity index (χ4v) is 2.36. The molecule has 1 nitrogen and oxygen atoms in total. The topological polar surface area (TPSA) is 4.93 Å². The summed E-state index contributed by atoms with van der Waals surface area (Å²) >= 11 is 5.81. The van der Waals surface area contributed by atoms with Crippen molar-refractivity contribution >= 4 is 11.6 Å². The van der Waals surface area contributed by atoms with Crippen LogP contribution in [-0.4, -0.2) is 10.4 Å². The second-order valence-electron chi connectivity index (χ2n) is 4.01. The lowest BCUT2D eigenvalue weighted by atomic mass is 10.2. The van der Waals surface area contributed by atoms with Crippen LogP contribution >= 0.6 is 11.6 Å². The van der Waals surface area contributed by atoms with E-state index in [1.165, 1.54) is 22.6 Å². The highest BCUT2D eigenvalue weighted by Gasteiger charge is 2.09. The molecular formula is C14H16ClN. The van der Waals surface area contributed by atoms with Gasteiger partial charge in [-0.3, -0.25) is 0 Å². The number of para-hydroxylation sites is 1. The fourth-order valence-electron chi connectivity index (χ4n) is 2.16. The Bertz CT molecular complexity index is 471. The van der Waals surface area contributed by atoms with Gasteiger partial charge in [0.05, 0.1) is 0 Å². The molecule has 0 aliphatic heterocycles. The van der Waals surface area contributed by atoms with Crippen molar-refractivity contribution in [2.24, 2.45) is 0 Å². The smallest absolute Gasteiger partial charge is 0.0455 e. The molecule has 1 heterocycles. The van der Waals surface area contributed by atoms with Crippen molar-refractivity contribution < 1.29 is 0 Å². The Hall–Kier alpha value is -1.21. The van der Waals surface area contributed by atoms with Gasteiger partial charge < -0.3 is 4.57 Å². The molecule has 0 spiro atoms. The highest BCUT2D eigenvalue weighted by atomic mass is 35.5. The Morgan fingerprint density at radius 2 is 1.81 bits per heavy atom. The van der Waals surface area contributed by atoms with Crippen molar-refractivity contribution in [2.45, 2.75) is 20.3 Å². The van der Waals surface area contributed by atoms with Gasteiger partial charge in [-0.15, -0.1) is 11.6 Å². The zero-order valence-corrected chi connectivity index (χ0v) is 10.5. The number of rotatable bonds is 3. The minimum Gasteiger partial charge on any atom is -0.318 e. The Morgan fingerprint density at radius 1 is 1.12 bits per heavy atom. The maximum absolute atomic E-state index is 5.81. The average Bonchev–Trinajstić information content (AvgIpc) is 2.56. The van der Waals surface area contributed by atoms with Crippen LogP contribution in [0.2, 0.25) is 0 Å². The first-order chi connectivity index (χ1) is 7.74. The molecule has 0 aliphatic carbocycles. The molecule has 0 unspecified atom stereocenters. The van der Waals surface area contributed by atoms with Crippen LogP contribution in [0.4, 0.5) is 0 Å². The Balaban J connectivity index is 2.49. The minimum atomic E-state index is 0.680. The molecule has 1 aromatic heterocycles. The molecule has 0 saturated heterocycles. The first kappa shape index (κ1) is 11.3. The Kier molecular flexibility index (Phi) is 3.35. The molecule has 0 saturated carbocycles. The van der Waals surface area contributed by atoms with Crippen LogP contribution in [0.25, 0.3) is 5.69 Å². The van der Waals surface area contributed by atoms with Gasteiger partial charge in [0.15, 0.2) is 0 Å². The van der Waals surface area contributed by atoms with E-state index in [4.69, 9.17) is 11.6 Å². The molecule has 0 bridgehead atoms. The highest BCUT2D eigenvalue weighted by molar-refractivity contribution is 6.18. The number of halogens is 1. The van der Waals surface area contributed by atoms with Crippen LogP contribution in [0.1, 0.15) is 17.0 Å². The summed E-state index contributed by atoms with van der Waals surface area (Å²) in [6.45, 7) is 4.29. The number of benzene rings is 1. The van der Waals surface area contributed by atoms with Gasteiger partial charge in [-0.2, -0.15) is 0 Å². The van der Waals surface area contributed by atoms with Gasteiger partial charge in [-0.25, -0.2) is 0 Å². The first-order valence-corrected chi connectivity index (χ1v) is 6.06. The maximum atomic E-state index is 5.81. The summed E-state index contributed by atoms with van der Waals surface area (Å²) in [5.41, 5.74) is 5.13. The minimum absolute atomic E-state index is 0.680. The fraction of sp³-hybridized carbons (Fsp3) is 0.286. The molecule has 16 heavy (non-hydrogen) atoms. The van der Waals surface area contributed by atoms with Crippen LogP contribution in [-0.2, 0) is 6.42 Å². The van der Waals surface area contributed by atoms with E-state index in [1.54, 1.807) is 0 Å². The molecule has 1 aromatic carbocycles. The molecule has 2 rings (SSSR count). The molecule has 0 N–H and O–H groups in total. The van der Waals surface area contributed by atoms with Crippen molar-refractivity contribution in [2.75, 3.05) is 5.88 Å². The number of hydrogen-bond acceptors (Lipinski definition) is 0. The van der Waals surface area contributed by atoms with Gasteiger partial charge in [0.2, 0.25) is 0 Å². The first-order valence-electron chi connectivity index (χ1n) is 5.53. The lowest BCUT2D eigenvalue weighted by molar-refractivity contribution is 0.950. The van der Waals surface area contributed by atoms with Crippen LogP contribution < -0.4 is 0 Å². The molecule has 0 amide bonds. The van der Waals surface area contributed by atoms with E-state index in [9.17, 15) is 0 Å². The molecule has 0 radical (unpaired) electrons. The standard InChI is InChI=1S/C14H16ClN/c1-11-10-13(8-9-15)12(2)16(11)14-6-4-3-5-7-14/h3-7,10H,8-9H2,1-2H3. The second-order valence-corrected chi connectivity index (χ2v) is 4.38. The van der Waals surface area contributed by atoms with Crippen molar-refractivity contribution in [1.29, 1.82) is 0 Å². The van der Waals surface area contributed by atoms with Crippen molar-refractivity contribution in [3.63, 3.8) is 0 Å². The lowest BCUT2D eigenvalue weighted by Crippen LogP contribution is -1.99. The summed E-state index contributed by atoms with van der Waals surface area (Å²) in [5, 5.41) is 0. The molecule has 2 heteroatoms. The number of aromatic nitrogens is 1. The third-order valence-electron chi connectivity index (χ3n) is 2.91. The van der Waals surface area contributed by atoms with Crippen molar-refractivity contribution in [3.8, 4) is 5.69 Å². The normalized spacial score (nSPS) is 10.7. The van der Waals surface area contributed by atoms with Gasteiger partial charge in [0.1, 0.15) is 0 Å². The molecule has 2 aromatic rings. The predicted molar refractivity (Wildman–Crippen MR) is 69.7 cm³/mol. The summed E-state index contributed by atoms with van der Waals surface area (Å²) in [5.74, 6) is 0.680. The van der Waals surface area contributed by atoms with E-state index >= 15 is 0 Å². The predicted octanol–water partition coefficient (Wildman–Crippen LogP) is 3.88. The van der Waals surface area contributed by atoms with E-state index in [1.807, 2.05) is 6.07 Å². The monoisotopic (exact) mass is 233 g/mol. The molecule has 0 atom stereocenters. The molecule has 0 fully saturated rings. The lowest BCUT2D eigenvalue weighted by Gasteiger charge is -2.09. The van der Waals surface area contributed by atoms with Crippen LogP contribution in [0.5, 0.6) is 0 Å². The van der Waals surface area contributed by atoms with Crippen molar-refractivity contribution in [3.05, 3.63) is 53.3 Å². The third kappa shape index (κ3) is 2.00. The second kappa shape index (κ2) is 4.75. The van der Waals surface area contributed by atoms with Crippen LogP contribution in [0, 0.1) is 13.8 Å². The zero-order chi connectivity index (χ0) is 11.5. The van der Waals surface area contributed by atoms with Gasteiger partial charge in [-0.05, 0) is 44.0 Å². The summed E-state index contributed by atoms with van der Waals surface area (Å²) in [7, 11) is 0. The summed E-state index contributed by atoms with van der Waals surface area (Å²) in [4.78, 5) is 0. The van der Waals surface area contributed by atoms with Crippen LogP contribution in [0.15, 0.2) is 36.4 Å². The van der Waals surface area contributed by atoms with Crippen LogP contribution in [0.3, 0.4) is 0 Å². The van der Waals surface area contributed by atoms with E-state index in [2.05, 4.69) is 48.7 Å². The number of nitrogens with zero attached hydrogens (tertiary/aromatic N) is 1. The summed E-state index contributed by atoms with van der Waals surface area (Å²) in [6, 6.07) is 12.7. The number of alkyl halides is 1. The van der Waals surface area contributed by atoms with E-state index in [0.717, 1.165) is 6.42 Å². The van der Waals surface area contributed by atoms with E-state index in [-0.39, 0.29) is 0 Å². The van der Waals surface area contributed by atoms with Gasteiger partial charge in [0, 0.05) is 23.0 Å². The van der Waals surface area contributed by atoms with E-state index < -0.39 is 0 Å². The van der Waals surface area contributed by atoms with Gasteiger partial charge >= 0.3 is 0 Å². The Labute approximate surface area is 102 Å². The SMILES string of the molecule is Cc1cc(CCCl)c(C)n1-c1ccccc1. The highest BCUT2D eigenvalue weighted by Crippen LogP contribution is 2.21. The third-order valence-corrected chi connectivity index (χ3v) is 3.10. The largest absolute Gasteiger partial charge is 0.318 e.